The van der Waals surface area contributed by atoms with Gasteiger partial charge in [-0.15, -0.1) is 0 Å². The van der Waals surface area contributed by atoms with Gasteiger partial charge in [-0.3, -0.25) is 10.1 Å². The highest BCUT2D eigenvalue weighted by Crippen LogP contribution is 2.31. The summed E-state index contributed by atoms with van der Waals surface area (Å²) in [6.45, 7) is 5.53. The zero-order valence-corrected chi connectivity index (χ0v) is 13.4. The van der Waals surface area contributed by atoms with Gasteiger partial charge in [0.2, 0.25) is 0 Å². The maximum absolute atomic E-state index is 12.2. The Morgan fingerprint density at radius 1 is 1.29 bits per heavy atom. The third kappa shape index (κ3) is 2.66. The Bertz CT molecular complexity index is 851. The maximum Gasteiger partial charge on any atom is 0.260 e. The van der Waals surface area contributed by atoms with Gasteiger partial charge in [0.1, 0.15) is 11.5 Å². The van der Waals surface area contributed by atoms with Crippen molar-refractivity contribution < 1.29 is 9.21 Å². The van der Waals surface area contributed by atoms with E-state index >= 15 is 0 Å². The molecular weight excluding hydrogens is 308 g/mol. The minimum atomic E-state index is -0.216. The molecule has 0 atom stereocenters. The van der Waals surface area contributed by atoms with Crippen molar-refractivity contribution >= 4 is 44.2 Å². The molecule has 1 N–H and O–H groups in total. The molecule has 2 aromatic heterocycles. The minimum absolute atomic E-state index is 0.216. The lowest BCUT2D eigenvalue weighted by atomic mass is 10.2. The fraction of sp³-hybridized carbons (Fsp3) is 0.200. The number of amides is 1. The van der Waals surface area contributed by atoms with Crippen LogP contribution in [-0.4, -0.2) is 10.9 Å². The number of thiazole rings is 1. The number of nitrogens with zero attached hydrogens (tertiary/aromatic N) is 1. The van der Waals surface area contributed by atoms with Crippen LogP contribution in [0.5, 0.6) is 0 Å². The molecular formula is C15H13ClN2O2S. The average Bonchev–Trinajstić information content (AvgIpc) is 2.92. The van der Waals surface area contributed by atoms with Crippen LogP contribution in [0.1, 0.15) is 27.4 Å². The Balaban J connectivity index is 1.93. The van der Waals surface area contributed by atoms with E-state index in [1.807, 2.05) is 26.0 Å². The second kappa shape index (κ2) is 5.16. The normalized spacial score (nSPS) is 11.0. The number of carbonyl (C=O) groups is 1. The van der Waals surface area contributed by atoms with Crippen LogP contribution in [0.15, 0.2) is 22.6 Å². The highest BCUT2D eigenvalue weighted by molar-refractivity contribution is 7.22. The number of aryl methyl sites for hydroxylation is 3. The van der Waals surface area contributed by atoms with Crippen molar-refractivity contribution in [3.63, 3.8) is 0 Å². The van der Waals surface area contributed by atoms with Gasteiger partial charge >= 0.3 is 0 Å². The predicted octanol–water partition coefficient (Wildman–Crippen LogP) is 4.72. The first-order chi connectivity index (χ1) is 9.94. The van der Waals surface area contributed by atoms with E-state index in [9.17, 15) is 4.79 Å². The molecule has 4 nitrogen and oxygen atoms in total. The number of halogens is 1. The highest BCUT2D eigenvalue weighted by atomic mass is 35.5. The third-order valence-corrected chi connectivity index (χ3v) is 4.29. The first kappa shape index (κ1) is 14.1. The van der Waals surface area contributed by atoms with Crippen molar-refractivity contribution in [1.29, 1.82) is 0 Å². The number of carbonyl (C=O) groups excluding carboxylic acids is 1. The van der Waals surface area contributed by atoms with Gasteiger partial charge in [0.05, 0.1) is 15.8 Å². The van der Waals surface area contributed by atoms with Crippen LogP contribution in [0.25, 0.3) is 10.2 Å². The molecule has 3 rings (SSSR count). The average molecular weight is 321 g/mol. The van der Waals surface area contributed by atoms with E-state index in [1.54, 1.807) is 13.0 Å². The molecule has 0 fully saturated rings. The van der Waals surface area contributed by atoms with Gasteiger partial charge in [-0.25, -0.2) is 4.98 Å². The molecule has 0 aliphatic heterocycles. The molecule has 0 saturated carbocycles. The minimum Gasteiger partial charge on any atom is -0.466 e. The van der Waals surface area contributed by atoms with Gasteiger partial charge in [0, 0.05) is 5.02 Å². The Morgan fingerprint density at radius 2 is 2.05 bits per heavy atom. The molecule has 0 aliphatic rings. The number of hydrogen-bond acceptors (Lipinski definition) is 4. The van der Waals surface area contributed by atoms with E-state index in [2.05, 4.69) is 10.3 Å². The zero-order chi connectivity index (χ0) is 15.1. The molecule has 0 radical (unpaired) electrons. The number of rotatable bonds is 2. The first-order valence-electron chi connectivity index (χ1n) is 6.39. The molecule has 3 aromatic rings. The van der Waals surface area contributed by atoms with Crippen molar-refractivity contribution in [1.82, 2.24) is 4.98 Å². The molecule has 1 aromatic carbocycles. The number of nitrogens with one attached hydrogen (secondary N) is 1. The van der Waals surface area contributed by atoms with E-state index < -0.39 is 0 Å². The Morgan fingerprint density at radius 3 is 2.71 bits per heavy atom. The summed E-state index contributed by atoms with van der Waals surface area (Å²) < 4.78 is 6.33. The lowest BCUT2D eigenvalue weighted by Gasteiger charge is -1.98. The van der Waals surface area contributed by atoms with Gasteiger partial charge in [-0.2, -0.15) is 0 Å². The monoisotopic (exact) mass is 320 g/mol. The lowest BCUT2D eigenvalue weighted by molar-refractivity contribution is 0.102. The summed E-state index contributed by atoms with van der Waals surface area (Å²) in [5.41, 5.74) is 2.38. The van der Waals surface area contributed by atoms with E-state index in [0.717, 1.165) is 15.8 Å². The molecule has 0 saturated heterocycles. The Kier molecular flexibility index (Phi) is 3.47. The van der Waals surface area contributed by atoms with Gasteiger partial charge in [0.25, 0.3) is 5.91 Å². The summed E-state index contributed by atoms with van der Waals surface area (Å²) in [6, 6.07) is 5.43. The summed E-state index contributed by atoms with van der Waals surface area (Å²) in [4.78, 5) is 16.7. The fourth-order valence-corrected chi connectivity index (χ4v) is 3.54. The fourth-order valence-electron chi connectivity index (χ4n) is 2.23. The van der Waals surface area contributed by atoms with Crippen molar-refractivity contribution in [2.24, 2.45) is 0 Å². The molecule has 0 spiro atoms. The number of fused-ring (bicyclic) bond motifs is 1. The van der Waals surface area contributed by atoms with Crippen molar-refractivity contribution in [2.75, 3.05) is 5.32 Å². The standard InChI is InChI=1S/C15H13ClN2O2S/c1-7-4-10(16)6-12-13(7)17-15(21-12)18-14(19)11-5-8(2)20-9(11)3/h4-6H,1-3H3,(H,17,18,19). The first-order valence-corrected chi connectivity index (χ1v) is 7.58. The number of benzene rings is 1. The predicted molar refractivity (Wildman–Crippen MR) is 85.5 cm³/mol. The quantitative estimate of drug-likeness (QED) is 0.743. The number of aromatic nitrogens is 1. The van der Waals surface area contributed by atoms with E-state index in [-0.39, 0.29) is 5.91 Å². The second-order valence-electron chi connectivity index (χ2n) is 4.87. The summed E-state index contributed by atoms with van der Waals surface area (Å²) in [7, 11) is 0. The summed E-state index contributed by atoms with van der Waals surface area (Å²) in [5.74, 6) is 1.10. The SMILES string of the molecule is Cc1cc(C(=O)Nc2nc3c(C)cc(Cl)cc3s2)c(C)o1. The summed E-state index contributed by atoms with van der Waals surface area (Å²) >= 11 is 7.44. The lowest BCUT2D eigenvalue weighted by Crippen LogP contribution is -2.11. The number of furan rings is 1. The molecule has 0 unspecified atom stereocenters. The largest absolute Gasteiger partial charge is 0.466 e. The molecule has 2 heterocycles. The van der Waals surface area contributed by atoms with Crippen LogP contribution in [0.3, 0.4) is 0 Å². The van der Waals surface area contributed by atoms with Gasteiger partial charge in [-0.1, -0.05) is 22.9 Å². The molecule has 0 bridgehead atoms. The van der Waals surface area contributed by atoms with E-state index in [1.165, 1.54) is 11.3 Å². The summed E-state index contributed by atoms with van der Waals surface area (Å²) in [6.07, 6.45) is 0. The summed E-state index contributed by atoms with van der Waals surface area (Å²) in [5, 5.41) is 4.04. The van der Waals surface area contributed by atoms with Gasteiger partial charge < -0.3 is 4.42 Å². The van der Waals surface area contributed by atoms with Gasteiger partial charge in [-0.05, 0) is 44.5 Å². The van der Waals surface area contributed by atoms with Crippen molar-refractivity contribution in [3.8, 4) is 0 Å². The van der Waals surface area contributed by atoms with E-state index in [0.29, 0.717) is 27.2 Å². The molecule has 108 valence electrons. The Hall–Kier alpha value is -1.85. The van der Waals surface area contributed by atoms with Crippen LogP contribution < -0.4 is 5.32 Å². The maximum atomic E-state index is 12.2. The highest BCUT2D eigenvalue weighted by Gasteiger charge is 2.16. The smallest absolute Gasteiger partial charge is 0.260 e. The zero-order valence-electron chi connectivity index (χ0n) is 11.8. The third-order valence-electron chi connectivity index (χ3n) is 3.16. The molecule has 6 heteroatoms. The van der Waals surface area contributed by atoms with Crippen LogP contribution in [0, 0.1) is 20.8 Å². The van der Waals surface area contributed by atoms with Gasteiger partial charge in [0.15, 0.2) is 5.13 Å². The van der Waals surface area contributed by atoms with Crippen molar-refractivity contribution in [3.05, 3.63) is 45.9 Å². The van der Waals surface area contributed by atoms with Crippen LogP contribution in [0.2, 0.25) is 5.02 Å². The van der Waals surface area contributed by atoms with Crippen LogP contribution in [-0.2, 0) is 0 Å². The Labute approximate surface area is 130 Å². The number of hydrogen-bond donors (Lipinski definition) is 1. The molecule has 21 heavy (non-hydrogen) atoms. The van der Waals surface area contributed by atoms with Crippen LogP contribution in [0.4, 0.5) is 5.13 Å². The topological polar surface area (TPSA) is 55.1 Å². The number of anilines is 1. The van der Waals surface area contributed by atoms with E-state index in [4.69, 9.17) is 16.0 Å². The molecule has 0 aliphatic carbocycles. The van der Waals surface area contributed by atoms with Crippen LogP contribution >= 0.6 is 22.9 Å². The van der Waals surface area contributed by atoms with Crippen molar-refractivity contribution in [2.45, 2.75) is 20.8 Å². The molecule has 1 amide bonds. The second-order valence-corrected chi connectivity index (χ2v) is 6.34.